The Bertz CT molecular complexity index is 207. The summed E-state index contributed by atoms with van der Waals surface area (Å²) in [5, 5.41) is 15.4. The van der Waals surface area contributed by atoms with Gasteiger partial charge in [0.15, 0.2) is 0 Å². The van der Waals surface area contributed by atoms with E-state index in [1.807, 2.05) is 0 Å². The second-order valence-electron chi connectivity index (χ2n) is 1.81. The van der Waals surface area contributed by atoms with E-state index in [2.05, 4.69) is 26.7 Å². The van der Waals surface area contributed by atoms with Crippen molar-refractivity contribution in [3.8, 4) is 0 Å². The van der Waals surface area contributed by atoms with E-state index < -0.39 is 5.76 Å². The molecule has 3 heteroatoms. The Balaban J connectivity index is -0.000000150. The van der Waals surface area contributed by atoms with E-state index in [4.69, 9.17) is 10.5 Å². The van der Waals surface area contributed by atoms with E-state index in [-0.39, 0.29) is 51.4 Å². The molecule has 0 rings (SSSR count). The van der Waals surface area contributed by atoms with Crippen LogP contribution in [0.4, 0.5) is 0 Å². The van der Waals surface area contributed by atoms with Gasteiger partial charge in [0.05, 0.1) is 0 Å². The van der Waals surface area contributed by atoms with Crippen LogP contribution in [0, 0.1) is 13.5 Å². The SMILES string of the molecule is C=C/C=C\C(=C)[CH2-].[CH-]=C(O)C=[N-].[K+]. The van der Waals surface area contributed by atoms with Crippen LogP contribution in [0.25, 0.3) is 5.41 Å². The van der Waals surface area contributed by atoms with Crippen LogP contribution in [0.5, 0.6) is 0 Å². The van der Waals surface area contributed by atoms with Gasteiger partial charge in [0.2, 0.25) is 0 Å². The van der Waals surface area contributed by atoms with Crippen LogP contribution in [-0.4, -0.2) is 11.3 Å². The fourth-order valence-electron chi connectivity index (χ4n) is 0.204. The first-order chi connectivity index (χ1) is 5.54. The van der Waals surface area contributed by atoms with Gasteiger partial charge < -0.3 is 16.7 Å². The van der Waals surface area contributed by atoms with Crippen LogP contribution in [0.15, 0.2) is 42.7 Å². The molecule has 0 heterocycles. The van der Waals surface area contributed by atoms with Crippen molar-refractivity contribution >= 4 is 6.21 Å². The van der Waals surface area contributed by atoms with Crippen LogP contribution >= 0.6 is 0 Å². The smallest absolute Gasteiger partial charge is 0.908 e. The molecule has 13 heavy (non-hydrogen) atoms. The molecule has 0 aromatic rings. The summed E-state index contributed by atoms with van der Waals surface area (Å²) in [6, 6.07) is 0. The van der Waals surface area contributed by atoms with Crippen LogP contribution in [0.2, 0.25) is 0 Å². The minimum absolute atomic E-state index is 0. The van der Waals surface area contributed by atoms with Crippen molar-refractivity contribution in [3.05, 3.63) is 61.6 Å². The number of allylic oxidation sites excluding steroid dienone is 5. The quantitative estimate of drug-likeness (QED) is 0.219. The molecule has 0 aliphatic rings. The first kappa shape index (κ1) is 18.7. The van der Waals surface area contributed by atoms with Crippen molar-refractivity contribution in [2.24, 2.45) is 0 Å². The van der Waals surface area contributed by atoms with Crippen molar-refractivity contribution in [3.63, 3.8) is 0 Å². The number of hydrogen-bond acceptors (Lipinski definition) is 1. The molecule has 0 bridgehead atoms. The molecule has 0 aromatic heterocycles. The molecule has 0 spiro atoms. The van der Waals surface area contributed by atoms with E-state index >= 15 is 0 Å². The molecule has 0 amide bonds. The summed E-state index contributed by atoms with van der Waals surface area (Å²) in [6.07, 6.45) is 5.71. The third-order valence-electron chi connectivity index (χ3n) is 0.600. The molecule has 66 valence electrons. The van der Waals surface area contributed by atoms with Gasteiger partial charge in [-0.05, 0) is 0 Å². The third-order valence-corrected chi connectivity index (χ3v) is 0.600. The van der Waals surface area contributed by atoms with Crippen LogP contribution < -0.4 is 51.4 Å². The van der Waals surface area contributed by atoms with Crippen LogP contribution in [-0.2, 0) is 0 Å². The fraction of sp³-hybridized carbons (Fsp3) is 0. The van der Waals surface area contributed by atoms with Crippen molar-refractivity contribution in [1.29, 1.82) is 0 Å². The molecule has 0 atom stereocenters. The van der Waals surface area contributed by atoms with Gasteiger partial charge in [-0.2, -0.15) is 19.6 Å². The average molecular weight is 201 g/mol. The monoisotopic (exact) mass is 201 g/mol. The molecule has 0 saturated carbocycles. The van der Waals surface area contributed by atoms with E-state index in [9.17, 15) is 0 Å². The molecule has 0 fully saturated rings. The number of hydrogen-bond donors (Lipinski definition) is 1. The number of aliphatic hydroxyl groups excluding tert-OH is 1. The first-order valence-electron chi connectivity index (χ1n) is 3.13. The van der Waals surface area contributed by atoms with Crippen molar-refractivity contribution in [2.45, 2.75) is 0 Å². The standard InChI is InChI=1S/C7H9.C3H3NO.K/c1-4-5-6-7(2)3;1-3(5)2-4;/h4-6H,1-3H2;1-2,5H;/q-1;-2;+1/b6-5-;;. The van der Waals surface area contributed by atoms with E-state index in [0.29, 0.717) is 6.21 Å². The number of rotatable bonds is 3. The molecule has 0 aliphatic carbocycles. The Labute approximate surface area is 123 Å². The summed E-state index contributed by atoms with van der Waals surface area (Å²) in [4.78, 5) is 0. The molecule has 0 aliphatic heterocycles. The minimum Gasteiger partial charge on any atom is -0.908 e. The zero-order valence-electron chi connectivity index (χ0n) is 7.90. The van der Waals surface area contributed by atoms with Crippen LogP contribution in [0.1, 0.15) is 0 Å². The van der Waals surface area contributed by atoms with Gasteiger partial charge in [-0.3, -0.25) is 6.58 Å². The summed E-state index contributed by atoms with van der Waals surface area (Å²) < 4.78 is 0. The molecule has 0 radical (unpaired) electrons. The van der Waals surface area contributed by atoms with E-state index in [1.165, 1.54) is 0 Å². The van der Waals surface area contributed by atoms with Crippen molar-refractivity contribution in [1.82, 2.24) is 0 Å². The molecule has 1 N–H and O–H groups in total. The van der Waals surface area contributed by atoms with Gasteiger partial charge in [-0.25, -0.2) is 5.57 Å². The molecular weight excluding hydrogens is 189 g/mol. The predicted molar refractivity (Wildman–Crippen MR) is 53.7 cm³/mol. The maximum Gasteiger partial charge on any atom is 1.00 e. The summed E-state index contributed by atoms with van der Waals surface area (Å²) in [7, 11) is 0. The largest absolute Gasteiger partial charge is 1.00 e. The third kappa shape index (κ3) is 33.4. The van der Waals surface area contributed by atoms with Crippen molar-refractivity contribution < 1.29 is 56.5 Å². The molecule has 0 aromatic carbocycles. The molecule has 2 nitrogen and oxygen atoms in total. The van der Waals surface area contributed by atoms with Gasteiger partial charge in [-0.1, -0.05) is 11.8 Å². The van der Waals surface area contributed by atoms with Gasteiger partial charge in [0.1, 0.15) is 0 Å². The second-order valence-corrected chi connectivity index (χ2v) is 1.81. The fourth-order valence-corrected chi connectivity index (χ4v) is 0.204. The van der Waals surface area contributed by atoms with Gasteiger partial charge >= 0.3 is 51.4 Å². The summed E-state index contributed by atoms with van der Waals surface area (Å²) >= 11 is 0. The topological polar surface area (TPSA) is 42.5 Å². The minimum atomic E-state index is -0.565. The average Bonchev–Trinajstić information content (AvgIpc) is 2.02. The van der Waals surface area contributed by atoms with Crippen molar-refractivity contribution in [2.75, 3.05) is 0 Å². The Morgan fingerprint density at radius 2 is 1.92 bits per heavy atom. The number of nitrogens with zero attached hydrogens (tertiary/aromatic N) is 1. The van der Waals surface area contributed by atoms with Gasteiger partial charge in [0, 0.05) is 0 Å². The Morgan fingerprint density at radius 3 is 2.00 bits per heavy atom. The maximum atomic E-state index is 7.75. The van der Waals surface area contributed by atoms with E-state index in [0.717, 1.165) is 5.57 Å². The predicted octanol–water partition coefficient (Wildman–Crippen LogP) is -0.376. The zero-order chi connectivity index (χ0) is 9.98. The Kier molecular flexibility index (Phi) is 20.8. The molecule has 0 unspecified atom stereocenters. The summed E-state index contributed by atoms with van der Waals surface area (Å²) in [5.74, 6) is -0.565. The van der Waals surface area contributed by atoms with Gasteiger partial charge in [-0.15, -0.1) is 12.7 Å². The van der Waals surface area contributed by atoms with Gasteiger partial charge in [0.25, 0.3) is 0 Å². The number of aliphatic hydroxyl groups is 1. The second kappa shape index (κ2) is 14.5. The molecule has 0 saturated heterocycles. The molecular formula is C10H12KNO-2. The zero-order valence-corrected chi connectivity index (χ0v) is 11.0. The normalized spacial score (nSPS) is 7.38. The van der Waals surface area contributed by atoms with Crippen LogP contribution in [0.3, 0.4) is 0 Å². The Hall–Kier alpha value is -0.0636. The summed E-state index contributed by atoms with van der Waals surface area (Å²) in [6.45, 7) is 15.0. The summed E-state index contributed by atoms with van der Waals surface area (Å²) in [5.41, 5.74) is 0.805. The maximum absolute atomic E-state index is 7.75. The first-order valence-corrected chi connectivity index (χ1v) is 3.13. The van der Waals surface area contributed by atoms with E-state index in [1.54, 1.807) is 18.2 Å². The Morgan fingerprint density at radius 1 is 1.54 bits per heavy atom.